The highest BCUT2D eigenvalue weighted by molar-refractivity contribution is 5.93. The second-order valence-electron chi connectivity index (χ2n) is 5.31. The van der Waals surface area contributed by atoms with Crippen LogP contribution in [0, 0.1) is 19.8 Å². The molecule has 0 saturated carbocycles. The second-order valence-corrected chi connectivity index (χ2v) is 5.31. The smallest absolute Gasteiger partial charge is 0.320 e. The minimum atomic E-state index is -0.945. The molecule has 0 heterocycles. The molecule has 1 rings (SSSR count). The van der Waals surface area contributed by atoms with E-state index in [9.17, 15) is 9.59 Å². The molecule has 1 atom stereocenters. The Bertz CT molecular complexity index is 498. The molecule has 1 aromatic rings. The van der Waals surface area contributed by atoms with Gasteiger partial charge >= 0.3 is 5.97 Å². The van der Waals surface area contributed by atoms with Gasteiger partial charge in [-0.05, 0) is 37.0 Å². The summed E-state index contributed by atoms with van der Waals surface area (Å²) in [5, 5.41) is 14.6. The Labute approximate surface area is 119 Å². The number of aliphatic carboxylic acids is 1. The average Bonchev–Trinajstić information content (AvgIpc) is 2.33. The number of anilines is 1. The van der Waals surface area contributed by atoms with E-state index in [0.717, 1.165) is 16.8 Å². The summed E-state index contributed by atoms with van der Waals surface area (Å²) in [7, 11) is 0. The maximum atomic E-state index is 11.9. The third-order valence-corrected chi connectivity index (χ3v) is 3.08. The Morgan fingerprint density at radius 3 is 2.45 bits per heavy atom. The number of amides is 1. The first kappa shape index (κ1) is 16.2. The second kappa shape index (κ2) is 7.05. The van der Waals surface area contributed by atoms with Gasteiger partial charge in [-0.3, -0.25) is 14.9 Å². The Kier molecular flexibility index (Phi) is 5.70. The van der Waals surface area contributed by atoms with Crippen molar-refractivity contribution in [3.63, 3.8) is 0 Å². The van der Waals surface area contributed by atoms with Crippen LogP contribution in [0.1, 0.15) is 25.0 Å². The monoisotopic (exact) mass is 278 g/mol. The van der Waals surface area contributed by atoms with Crippen LogP contribution >= 0.6 is 0 Å². The molecule has 0 aliphatic carbocycles. The molecule has 0 saturated heterocycles. The maximum Gasteiger partial charge on any atom is 0.320 e. The molecule has 0 spiro atoms. The summed E-state index contributed by atoms with van der Waals surface area (Å²) in [4.78, 5) is 22.9. The zero-order chi connectivity index (χ0) is 15.3. The lowest BCUT2D eigenvalue weighted by atomic mass is 10.1. The molecule has 5 heteroatoms. The fraction of sp³-hybridized carbons (Fsp3) is 0.467. The van der Waals surface area contributed by atoms with E-state index >= 15 is 0 Å². The van der Waals surface area contributed by atoms with Gasteiger partial charge in [0, 0.05) is 5.69 Å². The van der Waals surface area contributed by atoms with Gasteiger partial charge in [-0.25, -0.2) is 0 Å². The highest BCUT2D eigenvalue weighted by Gasteiger charge is 2.21. The van der Waals surface area contributed by atoms with E-state index in [4.69, 9.17) is 5.11 Å². The van der Waals surface area contributed by atoms with E-state index in [0.29, 0.717) is 0 Å². The fourth-order valence-electron chi connectivity index (χ4n) is 1.88. The third-order valence-electron chi connectivity index (χ3n) is 3.08. The van der Waals surface area contributed by atoms with Gasteiger partial charge in [0.25, 0.3) is 0 Å². The number of carboxylic acid groups (broad SMARTS) is 1. The Hall–Kier alpha value is -1.88. The van der Waals surface area contributed by atoms with Gasteiger partial charge in [0.1, 0.15) is 6.04 Å². The van der Waals surface area contributed by atoms with Crippen LogP contribution in [0.4, 0.5) is 5.69 Å². The number of hydrogen-bond donors (Lipinski definition) is 3. The van der Waals surface area contributed by atoms with Crippen molar-refractivity contribution < 1.29 is 14.7 Å². The number of hydrogen-bond acceptors (Lipinski definition) is 3. The minimum absolute atomic E-state index is 0.0253. The standard InChI is InChI=1S/C15H22N2O3/c1-9(2)14(15(19)20)16-8-13(18)17-12-7-10(3)5-6-11(12)4/h5-7,9,14,16H,8H2,1-4H3,(H,17,18)(H,19,20). The Morgan fingerprint density at radius 2 is 1.90 bits per heavy atom. The average molecular weight is 278 g/mol. The van der Waals surface area contributed by atoms with E-state index in [-0.39, 0.29) is 18.4 Å². The molecule has 0 fully saturated rings. The first-order valence-corrected chi connectivity index (χ1v) is 6.64. The van der Waals surface area contributed by atoms with Gasteiger partial charge in [0.05, 0.1) is 6.54 Å². The van der Waals surface area contributed by atoms with E-state index in [1.807, 2.05) is 32.0 Å². The van der Waals surface area contributed by atoms with Crippen molar-refractivity contribution in [2.24, 2.45) is 5.92 Å². The van der Waals surface area contributed by atoms with E-state index in [1.165, 1.54) is 0 Å². The topological polar surface area (TPSA) is 78.4 Å². The quantitative estimate of drug-likeness (QED) is 0.743. The van der Waals surface area contributed by atoms with Crippen molar-refractivity contribution in [2.75, 3.05) is 11.9 Å². The normalized spacial score (nSPS) is 12.2. The summed E-state index contributed by atoms with van der Waals surface area (Å²) in [6.45, 7) is 7.44. The summed E-state index contributed by atoms with van der Waals surface area (Å²) in [5.74, 6) is -1.27. The molecular formula is C15H22N2O3. The highest BCUT2D eigenvalue weighted by Crippen LogP contribution is 2.16. The van der Waals surface area contributed by atoms with Gasteiger partial charge in [-0.2, -0.15) is 0 Å². The molecule has 3 N–H and O–H groups in total. The van der Waals surface area contributed by atoms with Crippen molar-refractivity contribution in [3.8, 4) is 0 Å². The van der Waals surface area contributed by atoms with E-state index < -0.39 is 12.0 Å². The largest absolute Gasteiger partial charge is 0.480 e. The lowest BCUT2D eigenvalue weighted by Crippen LogP contribution is -2.44. The molecule has 5 nitrogen and oxygen atoms in total. The number of carboxylic acids is 1. The van der Waals surface area contributed by atoms with Gasteiger partial charge in [0.15, 0.2) is 0 Å². The van der Waals surface area contributed by atoms with Gasteiger partial charge in [-0.15, -0.1) is 0 Å². The molecule has 20 heavy (non-hydrogen) atoms. The molecule has 1 amide bonds. The summed E-state index contributed by atoms with van der Waals surface area (Å²) >= 11 is 0. The molecule has 1 unspecified atom stereocenters. The van der Waals surface area contributed by atoms with Crippen LogP contribution in [0.5, 0.6) is 0 Å². The van der Waals surface area contributed by atoms with Gasteiger partial charge in [0.2, 0.25) is 5.91 Å². The number of rotatable bonds is 6. The summed E-state index contributed by atoms with van der Waals surface area (Å²) in [5.41, 5.74) is 2.79. The number of aryl methyl sites for hydroxylation is 2. The molecule has 0 aliphatic heterocycles. The van der Waals surface area contributed by atoms with Crippen molar-refractivity contribution in [3.05, 3.63) is 29.3 Å². The third kappa shape index (κ3) is 4.66. The predicted molar refractivity (Wildman–Crippen MR) is 78.8 cm³/mol. The highest BCUT2D eigenvalue weighted by atomic mass is 16.4. The minimum Gasteiger partial charge on any atom is -0.480 e. The number of carbonyl (C=O) groups is 2. The molecule has 1 aromatic carbocycles. The Morgan fingerprint density at radius 1 is 1.25 bits per heavy atom. The summed E-state index contributed by atoms with van der Waals surface area (Å²) in [6, 6.07) is 5.08. The number of benzene rings is 1. The molecule has 0 radical (unpaired) electrons. The molecule has 0 aliphatic rings. The van der Waals surface area contributed by atoms with Gasteiger partial charge in [-0.1, -0.05) is 26.0 Å². The fourth-order valence-corrected chi connectivity index (χ4v) is 1.88. The van der Waals surface area contributed by atoms with Crippen molar-refractivity contribution in [1.29, 1.82) is 0 Å². The van der Waals surface area contributed by atoms with Crippen molar-refractivity contribution >= 4 is 17.6 Å². The van der Waals surface area contributed by atoms with Crippen LogP contribution < -0.4 is 10.6 Å². The van der Waals surface area contributed by atoms with E-state index in [2.05, 4.69) is 10.6 Å². The van der Waals surface area contributed by atoms with E-state index in [1.54, 1.807) is 13.8 Å². The van der Waals surface area contributed by atoms with Crippen molar-refractivity contribution in [2.45, 2.75) is 33.7 Å². The number of nitrogens with one attached hydrogen (secondary N) is 2. The lowest BCUT2D eigenvalue weighted by molar-refractivity contribution is -0.140. The first-order chi connectivity index (χ1) is 9.31. The number of carbonyl (C=O) groups excluding carboxylic acids is 1. The predicted octanol–water partition coefficient (Wildman–Crippen LogP) is 1.94. The molecule has 110 valence electrons. The van der Waals surface area contributed by atoms with Crippen LogP contribution in [0.25, 0.3) is 0 Å². The Balaban J connectivity index is 2.60. The summed E-state index contributed by atoms with van der Waals surface area (Å²) < 4.78 is 0. The maximum absolute atomic E-state index is 11.9. The van der Waals surface area contributed by atoms with Gasteiger partial charge < -0.3 is 10.4 Å². The zero-order valence-corrected chi connectivity index (χ0v) is 12.4. The summed E-state index contributed by atoms with van der Waals surface area (Å²) in [6.07, 6.45) is 0. The van der Waals surface area contributed by atoms with Crippen LogP contribution in [0.15, 0.2) is 18.2 Å². The molecular weight excluding hydrogens is 256 g/mol. The van der Waals surface area contributed by atoms with Crippen LogP contribution in [0.2, 0.25) is 0 Å². The zero-order valence-electron chi connectivity index (χ0n) is 12.4. The molecule has 0 aromatic heterocycles. The van der Waals surface area contributed by atoms with Crippen LogP contribution in [-0.4, -0.2) is 29.6 Å². The first-order valence-electron chi connectivity index (χ1n) is 6.64. The van der Waals surface area contributed by atoms with Crippen LogP contribution in [-0.2, 0) is 9.59 Å². The lowest BCUT2D eigenvalue weighted by Gasteiger charge is -2.18. The van der Waals surface area contributed by atoms with Crippen molar-refractivity contribution in [1.82, 2.24) is 5.32 Å². The van der Waals surface area contributed by atoms with Crippen LogP contribution in [0.3, 0.4) is 0 Å². The molecule has 0 bridgehead atoms. The SMILES string of the molecule is Cc1ccc(C)c(NC(=O)CNC(C(=O)O)C(C)C)c1.